The summed E-state index contributed by atoms with van der Waals surface area (Å²) >= 11 is 0. The standard InChI is InChI=1S/C15H21N5O2/c1-15(2,3)12(19-14(16)22)13(21)18-6-10-4-5-11-7-17-9-20(11)8-10/h4-5,7-9,12H,6H2,1-3H3,(H,18,21)(H3,16,19,22). The lowest BCUT2D eigenvalue weighted by molar-refractivity contribution is -0.125. The molecule has 0 aromatic carbocycles. The number of amides is 3. The zero-order valence-electron chi connectivity index (χ0n) is 13.0. The molecule has 7 heteroatoms. The Morgan fingerprint density at radius 3 is 2.73 bits per heavy atom. The van der Waals surface area contributed by atoms with Gasteiger partial charge in [-0.15, -0.1) is 0 Å². The maximum atomic E-state index is 12.3. The summed E-state index contributed by atoms with van der Waals surface area (Å²) in [5.74, 6) is -0.267. The van der Waals surface area contributed by atoms with Crippen molar-refractivity contribution in [2.75, 3.05) is 0 Å². The Hall–Kier alpha value is -2.57. The van der Waals surface area contributed by atoms with E-state index in [2.05, 4.69) is 15.6 Å². The first-order valence-corrected chi connectivity index (χ1v) is 7.01. The lowest BCUT2D eigenvalue weighted by atomic mass is 9.86. The van der Waals surface area contributed by atoms with Gasteiger partial charge < -0.3 is 20.8 Å². The Balaban J connectivity index is 2.04. The molecule has 0 aliphatic rings. The minimum absolute atomic E-state index is 0.267. The molecule has 1 unspecified atom stereocenters. The summed E-state index contributed by atoms with van der Waals surface area (Å²) in [4.78, 5) is 27.4. The molecule has 3 amide bonds. The second-order valence-electron chi connectivity index (χ2n) is 6.29. The molecule has 0 saturated heterocycles. The number of pyridine rings is 1. The third-order valence-corrected chi connectivity index (χ3v) is 3.35. The number of primary amides is 1. The topological polar surface area (TPSA) is 102 Å². The normalized spacial score (nSPS) is 12.9. The number of nitrogens with two attached hydrogens (primary N) is 1. The van der Waals surface area contributed by atoms with E-state index in [0.29, 0.717) is 6.54 Å². The van der Waals surface area contributed by atoms with E-state index in [-0.39, 0.29) is 5.91 Å². The van der Waals surface area contributed by atoms with E-state index in [9.17, 15) is 9.59 Å². The van der Waals surface area contributed by atoms with Gasteiger partial charge >= 0.3 is 6.03 Å². The molecule has 0 fully saturated rings. The molecule has 2 aromatic heterocycles. The van der Waals surface area contributed by atoms with Crippen LogP contribution in [0, 0.1) is 5.41 Å². The number of nitrogens with one attached hydrogen (secondary N) is 2. The van der Waals surface area contributed by atoms with Crippen molar-refractivity contribution in [1.82, 2.24) is 20.0 Å². The third kappa shape index (κ3) is 3.75. The lowest BCUT2D eigenvalue weighted by Crippen LogP contribution is -2.54. The average molecular weight is 303 g/mol. The van der Waals surface area contributed by atoms with Gasteiger partial charge in [-0.25, -0.2) is 9.78 Å². The molecule has 22 heavy (non-hydrogen) atoms. The van der Waals surface area contributed by atoms with Gasteiger partial charge in [0.05, 0.1) is 18.0 Å². The number of urea groups is 1. The molecule has 4 N–H and O–H groups in total. The van der Waals surface area contributed by atoms with Gasteiger partial charge in [-0.3, -0.25) is 4.79 Å². The van der Waals surface area contributed by atoms with E-state index < -0.39 is 17.5 Å². The van der Waals surface area contributed by atoms with Gasteiger partial charge in [0.25, 0.3) is 0 Å². The van der Waals surface area contributed by atoms with Crippen LogP contribution in [0.1, 0.15) is 26.3 Å². The van der Waals surface area contributed by atoms with E-state index in [4.69, 9.17) is 5.73 Å². The zero-order chi connectivity index (χ0) is 16.3. The average Bonchev–Trinajstić information content (AvgIpc) is 2.88. The number of imidazole rings is 1. The van der Waals surface area contributed by atoms with Crippen molar-refractivity contribution in [3.63, 3.8) is 0 Å². The van der Waals surface area contributed by atoms with Crippen LogP contribution < -0.4 is 16.4 Å². The quantitative estimate of drug-likeness (QED) is 0.786. The van der Waals surface area contributed by atoms with Crippen LogP contribution in [-0.2, 0) is 11.3 Å². The Labute approximate surface area is 128 Å². The number of carbonyl (C=O) groups is 2. The van der Waals surface area contributed by atoms with Crippen molar-refractivity contribution >= 4 is 17.5 Å². The summed E-state index contributed by atoms with van der Waals surface area (Å²) in [6, 6.07) is 2.44. The Bertz CT molecular complexity index is 687. The van der Waals surface area contributed by atoms with E-state index >= 15 is 0 Å². The smallest absolute Gasteiger partial charge is 0.312 e. The Kier molecular flexibility index (Phi) is 4.35. The highest BCUT2D eigenvalue weighted by Crippen LogP contribution is 2.19. The monoisotopic (exact) mass is 303 g/mol. The van der Waals surface area contributed by atoms with Crippen molar-refractivity contribution in [3.8, 4) is 0 Å². The Morgan fingerprint density at radius 1 is 1.36 bits per heavy atom. The molecule has 118 valence electrons. The van der Waals surface area contributed by atoms with Gasteiger partial charge in [0.2, 0.25) is 5.91 Å². The molecular weight excluding hydrogens is 282 g/mol. The molecule has 0 aliphatic heterocycles. The van der Waals surface area contributed by atoms with Crippen LogP contribution in [0.25, 0.3) is 5.52 Å². The maximum Gasteiger partial charge on any atom is 0.312 e. The molecule has 0 saturated carbocycles. The van der Waals surface area contributed by atoms with Crippen LogP contribution in [0.4, 0.5) is 4.79 Å². The van der Waals surface area contributed by atoms with Crippen molar-refractivity contribution in [1.29, 1.82) is 0 Å². The van der Waals surface area contributed by atoms with Gasteiger partial charge in [0.1, 0.15) is 6.04 Å². The maximum absolute atomic E-state index is 12.3. The number of rotatable bonds is 4. The minimum Gasteiger partial charge on any atom is -0.352 e. The number of hydrogen-bond donors (Lipinski definition) is 3. The molecule has 1 atom stereocenters. The highest BCUT2D eigenvalue weighted by Gasteiger charge is 2.32. The summed E-state index contributed by atoms with van der Waals surface area (Å²) in [5, 5.41) is 5.32. The fourth-order valence-electron chi connectivity index (χ4n) is 2.18. The summed E-state index contributed by atoms with van der Waals surface area (Å²) in [7, 11) is 0. The highest BCUT2D eigenvalue weighted by atomic mass is 16.2. The first-order chi connectivity index (χ1) is 10.3. The number of fused-ring (bicyclic) bond motifs is 1. The van der Waals surface area contributed by atoms with Crippen LogP contribution in [-0.4, -0.2) is 27.4 Å². The molecule has 0 bridgehead atoms. The van der Waals surface area contributed by atoms with Gasteiger partial charge in [-0.2, -0.15) is 0 Å². The number of hydrogen-bond acceptors (Lipinski definition) is 3. The third-order valence-electron chi connectivity index (χ3n) is 3.35. The van der Waals surface area contributed by atoms with Gasteiger partial charge in [-0.05, 0) is 17.0 Å². The molecule has 7 nitrogen and oxygen atoms in total. The van der Waals surface area contributed by atoms with Crippen LogP contribution in [0.5, 0.6) is 0 Å². The predicted octanol–water partition coefficient (Wildman–Crippen LogP) is 1.03. The fourth-order valence-corrected chi connectivity index (χ4v) is 2.18. The number of nitrogens with zero attached hydrogens (tertiary/aromatic N) is 2. The van der Waals surface area contributed by atoms with E-state index in [0.717, 1.165) is 11.1 Å². The summed E-state index contributed by atoms with van der Waals surface area (Å²) in [6.45, 7) is 5.96. The van der Waals surface area contributed by atoms with Crippen molar-refractivity contribution in [2.24, 2.45) is 11.1 Å². The molecule has 0 spiro atoms. The molecule has 0 aliphatic carbocycles. The summed E-state index contributed by atoms with van der Waals surface area (Å²) in [6.07, 6.45) is 5.36. The number of carbonyl (C=O) groups excluding carboxylic acids is 2. The largest absolute Gasteiger partial charge is 0.352 e. The van der Waals surface area contributed by atoms with Crippen molar-refractivity contribution in [2.45, 2.75) is 33.4 Å². The van der Waals surface area contributed by atoms with E-state index in [1.165, 1.54) is 0 Å². The van der Waals surface area contributed by atoms with Gasteiger partial charge in [0, 0.05) is 12.7 Å². The number of aromatic nitrogens is 2. The van der Waals surface area contributed by atoms with Crippen LogP contribution >= 0.6 is 0 Å². The lowest BCUT2D eigenvalue weighted by Gasteiger charge is -2.29. The molecule has 0 radical (unpaired) electrons. The summed E-state index contributed by atoms with van der Waals surface area (Å²) in [5.41, 5.74) is 6.63. The first-order valence-electron chi connectivity index (χ1n) is 7.01. The van der Waals surface area contributed by atoms with Gasteiger partial charge in [-0.1, -0.05) is 26.8 Å². The second-order valence-corrected chi connectivity index (χ2v) is 6.29. The van der Waals surface area contributed by atoms with Crippen molar-refractivity contribution < 1.29 is 9.59 Å². The molecule has 2 rings (SSSR count). The van der Waals surface area contributed by atoms with E-state index in [1.807, 2.05) is 43.5 Å². The minimum atomic E-state index is -0.713. The molecular formula is C15H21N5O2. The first kappa shape index (κ1) is 15.8. The van der Waals surface area contributed by atoms with Crippen LogP contribution in [0.15, 0.2) is 30.9 Å². The second kappa shape index (κ2) is 6.05. The summed E-state index contributed by atoms with van der Waals surface area (Å²) < 4.78 is 1.88. The fraction of sp³-hybridized carbons (Fsp3) is 0.400. The molecule has 2 aromatic rings. The SMILES string of the molecule is CC(C)(C)C(NC(N)=O)C(=O)NCc1ccc2cncn2c1. The van der Waals surface area contributed by atoms with Crippen LogP contribution in [0.3, 0.4) is 0 Å². The zero-order valence-corrected chi connectivity index (χ0v) is 13.0. The van der Waals surface area contributed by atoms with Crippen molar-refractivity contribution in [3.05, 3.63) is 36.4 Å². The molecule has 2 heterocycles. The highest BCUT2D eigenvalue weighted by molar-refractivity contribution is 5.87. The Morgan fingerprint density at radius 2 is 2.09 bits per heavy atom. The predicted molar refractivity (Wildman–Crippen MR) is 83.0 cm³/mol. The van der Waals surface area contributed by atoms with Crippen LogP contribution in [0.2, 0.25) is 0 Å². The van der Waals surface area contributed by atoms with Gasteiger partial charge in [0.15, 0.2) is 0 Å². The van der Waals surface area contributed by atoms with E-state index in [1.54, 1.807) is 12.5 Å².